The topological polar surface area (TPSA) is 26.3 Å². The van der Waals surface area contributed by atoms with E-state index in [-0.39, 0.29) is 17.4 Å². The summed E-state index contributed by atoms with van der Waals surface area (Å²) in [5.41, 5.74) is 0.187. The van der Waals surface area contributed by atoms with Crippen LogP contribution in [0.15, 0.2) is 36.4 Å². The zero-order chi connectivity index (χ0) is 19.9. The number of halogens is 6. The van der Waals surface area contributed by atoms with Crippen molar-refractivity contribution in [3.8, 4) is 5.75 Å². The summed E-state index contributed by atoms with van der Waals surface area (Å²) < 4.78 is 78.8. The summed E-state index contributed by atoms with van der Waals surface area (Å²) in [6.07, 6.45) is -4.00. The number of hydrogen-bond acceptors (Lipinski definition) is 2. The second-order valence-electron chi connectivity index (χ2n) is 5.02. The lowest BCUT2D eigenvalue weighted by Gasteiger charge is -2.04. The Kier molecular flexibility index (Phi) is 7.42. The first-order valence-electron chi connectivity index (χ1n) is 7.07. The van der Waals surface area contributed by atoms with Gasteiger partial charge >= 0.3 is 6.18 Å². The number of ether oxygens (including phenoxy) is 1. The normalized spacial score (nSPS) is 11.1. The molecule has 0 aliphatic heterocycles. The van der Waals surface area contributed by atoms with E-state index in [0.717, 1.165) is 17.7 Å². The van der Waals surface area contributed by atoms with E-state index in [1.807, 2.05) is 0 Å². The molecule has 0 atom stereocenters. The van der Waals surface area contributed by atoms with Crippen LogP contribution in [0.25, 0.3) is 6.08 Å². The fraction of sp³-hybridized carbons (Fsp3) is 0.167. The largest absolute Gasteiger partial charge is 0.497 e. The zero-order valence-electron chi connectivity index (χ0n) is 13.7. The molecule has 2 rings (SSSR count). The molecular formula is C18H14F6O2. The van der Waals surface area contributed by atoms with Crippen LogP contribution in [0, 0.1) is 24.4 Å². The minimum Gasteiger partial charge on any atom is -0.497 e. The van der Waals surface area contributed by atoms with Crippen molar-refractivity contribution in [1.29, 1.82) is 0 Å². The van der Waals surface area contributed by atoms with Crippen molar-refractivity contribution in [2.24, 2.45) is 0 Å². The molecule has 0 aliphatic carbocycles. The molecule has 0 unspecified atom stereocenters. The van der Waals surface area contributed by atoms with Crippen LogP contribution in [-0.2, 0) is 0 Å². The standard InChI is InChI=1S/C10H7F5O.C8H7FO/c1-16-6-4-8(11)7(9(12)5-6)2-3-10(13,14)15;1-6-2-3-7(5-10)8(9)4-6/h2-5H,1H3;2-5H,1H3. The number of carbonyl (C=O) groups is 1. The first kappa shape index (κ1) is 21.3. The molecule has 0 saturated carbocycles. The van der Waals surface area contributed by atoms with E-state index in [2.05, 4.69) is 4.74 Å². The quantitative estimate of drug-likeness (QED) is 0.523. The average Bonchev–Trinajstić information content (AvgIpc) is 2.53. The van der Waals surface area contributed by atoms with Crippen molar-refractivity contribution >= 4 is 12.4 Å². The van der Waals surface area contributed by atoms with Crippen molar-refractivity contribution in [2.75, 3.05) is 7.11 Å². The van der Waals surface area contributed by atoms with Crippen molar-refractivity contribution in [2.45, 2.75) is 13.1 Å². The fourth-order valence-electron chi connectivity index (χ4n) is 1.74. The third-order valence-corrected chi connectivity index (χ3v) is 3.01. The molecule has 8 heteroatoms. The molecule has 0 fully saturated rings. The van der Waals surface area contributed by atoms with E-state index in [0.29, 0.717) is 12.4 Å². The van der Waals surface area contributed by atoms with Crippen molar-refractivity contribution < 1.29 is 35.9 Å². The van der Waals surface area contributed by atoms with Gasteiger partial charge in [-0.15, -0.1) is 0 Å². The lowest BCUT2D eigenvalue weighted by molar-refractivity contribution is -0.0790. The Balaban J connectivity index is 0.000000289. The molecular weight excluding hydrogens is 362 g/mol. The first-order chi connectivity index (χ1) is 12.1. The Hall–Kier alpha value is -2.77. The summed E-state index contributed by atoms with van der Waals surface area (Å²) >= 11 is 0. The van der Waals surface area contributed by atoms with Gasteiger partial charge in [0, 0.05) is 23.8 Å². The monoisotopic (exact) mass is 376 g/mol. The van der Waals surface area contributed by atoms with Crippen LogP contribution >= 0.6 is 0 Å². The Morgan fingerprint density at radius 2 is 1.54 bits per heavy atom. The lowest BCUT2D eigenvalue weighted by Crippen LogP contribution is -2.01. The maximum absolute atomic E-state index is 13.1. The summed E-state index contributed by atoms with van der Waals surface area (Å²) in [4.78, 5) is 10.1. The second kappa shape index (κ2) is 9.07. The predicted octanol–water partition coefficient (Wildman–Crippen LogP) is 5.50. The number of rotatable bonds is 3. The zero-order valence-corrected chi connectivity index (χ0v) is 13.7. The molecule has 2 nitrogen and oxygen atoms in total. The Bertz CT molecular complexity index is 774. The fourth-order valence-corrected chi connectivity index (χ4v) is 1.74. The van der Waals surface area contributed by atoms with E-state index < -0.39 is 29.2 Å². The van der Waals surface area contributed by atoms with Crippen LogP contribution in [0.1, 0.15) is 21.5 Å². The molecule has 0 heterocycles. The van der Waals surface area contributed by atoms with Crippen LogP contribution in [0.5, 0.6) is 5.75 Å². The van der Waals surface area contributed by atoms with Gasteiger partial charge < -0.3 is 4.74 Å². The van der Waals surface area contributed by atoms with E-state index in [1.54, 1.807) is 13.0 Å². The molecule has 0 saturated heterocycles. The molecule has 0 bridgehead atoms. The van der Waals surface area contributed by atoms with Gasteiger partial charge in [-0.1, -0.05) is 6.07 Å². The van der Waals surface area contributed by atoms with Crippen molar-refractivity contribution in [3.63, 3.8) is 0 Å². The lowest BCUT2D eigenvalue weighted by atomic mass is 10.1. The highest BCUT2D eigenvalue weighted by Crippen LogP contribution is 2.24. The molecule has 0 radical (unpaired) electrons. The Morgan fingerprint density at radius 3 is 1.96 bits per heavy atom. The van der Waals surface area contributed by atoms with Gasteiger partial charge in [0.05, 0.1) is 12.7 Å². The van der Waals surface area contributed by atoms with Gasteiger partial charge in [-0.3, -0.25) is 4.79 Å². The summed E-state index contributed by atoms with van der Waals surface area (Å²) in [7, 11) is 1.19. The molecule has 2 aromatic carbocycles. The minimum absolute atomic E-state index is 0.0980. The van der Waals surface area contributed by atoms with Gasteiger partial charge in [0.25, 0.3) is 0 Å². The van der Waals surface area contributed by atoms with Gasteiger partial charge in [-0.2, -0.15) is 13.2 Å². The molecule has 0 amide bonds. The molecule has 26 heavy (non-hydrogen) atoms. The van der Waals surface area contributed by atoms with Gasteiger partial charge in [-0.05, 0) is 30.7 Å². The summed E-state index contributed by atoms with van der Waals surface area (Å²) in [5.74, 6) is -2.77. The van der Waals surface area contributed by atoms with Gasteiger partial charge in [0.15, 0.2) is 6.29 Å². The number of benzene rings is 2. The maximum Gasteiger partial charge on any atom is 0.409 e. The van der Waals surface area contributed by atoms with E-state index in [1.165, 1.54) is 19.2 Å². The van der Waals surface area contributed by atoms with Crippen molar-refractivity contribution in [1.82, 2.24) is 0 Å². The third-order valence-electron chi connectivity index (χ3n) is 3.01. The van der Waals surface area contributed by atoms with E-state index in [4.69, 9.17) is 0 Å². The maximum atomic E-state index is 13.1. The smallest absolute Gasteiger partial charge is 0.409 e. The Labute approximate surface area is 145 Å². The number of allylic oxidation sites excluding steroid dienone is 1. The number of aldehydes is 1. The average molecular weight is 376 g/mol. The van der Waals surface area contributed by atoms with Gasteiger partial charge in [0.2, 0.25) is 0 Å². The van der Waals surface area contributed by atoms with Gasteiger partial charge in [-0.25, -0.2) is 13.2 Å². The molecule has 0 aliphatic rings. The SMILES string of the molecule is COc1cc(F)c(C=CC(F)(F)F)c(F)c1.Cc1ccc(C=O)c(F)c1. The Morgan fingerprint density at radius 1 is 0.962 bits per heavy atom. The summed E-state index contributed by atoms with van der Waals surface area (Å²) in [5, 5.41) is 0. The van der Waals surface area contributed by atoms with E-state index in [9.17, 15) is 31.1 Å². The van der Waals surface area contributed by atoms with Crippen LogP contribution in [0.4, 0.5) is 26.3 Å². The number of aryl methyl sites for hydroxylation is 1. The van der Waals surface area contributed by atoms with Crippen molar-refractivity contribution in [3.05, 3.63) is 70.5 Å². The number of carbonyl (C=O) groups excluding carboxylic acids is 1. The minimum atomic E-state index is -4.61. The van der Waals surface area contributed by atoms with Crippen LogP contribution in [0.2, 0.25) is 0 Å². The molecule has 0 N–H and O–H groups in total. The van der Waals surface area contributed by atoms with Crippen LogP contribution in [0.3, 0.4) is 0 Å². The molecule has 2 aromatic rings. The highest BCUT2D eigenvalue weighted by molar-refractivity contribution is 5.75. The second-order valence-corrected chi connectivity index (χ2v) is 5.02. The van der Waals surface area contributed by atoms with Gasteiger partial charge in [0.1, 0.15) is 23.2 Å². The third kappa shape index (κ3) is 6.62. The molecule has 140 valence electrons. The number of methoxy groups -OCH3 is 1. The van der Waals surface area contributed by atoms with E-state index >= 15 is 0 Å². The highest BCUT2D eigenvalue weighted by atomic mass is 19.4. The number of hydrogen-bond donors (Lipinski definition) is 0. The predicted molar refractivity (Wildman–Crippen MR) is 84.5 cm³/mol. The first-order valence-corrected chi connectivity index (χ1v) is 7.07. The highest BCUT2D eigenvalue weighted by Gasteiger charge is 2.22. The van der Waals surface area contributed by atoms with Crippen LogP contribution in [-0.4, -0.2) is 19.6 Å². The molecule has 0 aromatic heterocycles. The summed E-state index contributed by atoms with van der Waals surface area (Å²) in [6, 6.07) is 6.12. The molecule has 0 spiro atoms. The number of alkyl halides is 3. The van der Waals surface area contributed by atoms with Crippen LogP contribution < -0.4 is 4.74 Å². The summed E-state index contributed by atoms with van der Waals surface area (Å²) in [6.45, 7) is 1.78.